The molecule has 0 saturated heterocycles. The van der Waals surface area contributed by atoms with Gasteiger partial charge in [0.15, 0.2) is 0 Å². The molecule has 0 bridgehead atoms. The van der Waals surface area contributed by atoms with Gasteiger partial charge in [-0.2, -0.15) is 5.10 Å². The van der Waals surface area contributed by atoms with Crippen LogP contribution in [-0.4, -0.2) is 26.3 Å². The molecule has 0 unspecified atom stereocenters. The van der Waals surface area contributed by atoms with Crippen LogP contribution in [0.25, 0.3) is 0 Å². The summed E-state index contributed by atoms with van der Waals surface area (Å²) in [4.78, 5) is 15.2. The van der Waals surface area contributed by atoms with E-state index in [2.05, 4.69) is 20.5 Å². The molecule has 1 aromatic carbocycles. The molecule has 6 nitrogen and oxygen atoms in total. The van der Waals surface area contributed by atoms with Gasteiger partial charge in [0.2, 0.25) is 5.95 Å². The summed E-state index contributed by atoms with van der Waals surface area (Å²) in [5.41, 5.74) is 2.05. The SMILES string of the molecule is Cc1nnc(Nc2ccc(Cl)c(C(=O)O)c2)nc1C. The number of carboxylic acids is 1. The summed E-state index contributed by atoms with van der Waals surface area (Å²) in [5.74, 6) is -0.783. The van der Waals surface area contributed by atoms with Gasteiger partial charge in [-0.25, -0.2) is 9.78 Å². The number of nitrogens with zero attached hydrogens (tertiary/aromatic N) is 3. The Bertz CT molecular complexity index is 646. The second kappa shape index (κ2) is 5.19. The molecule has 0 radical (unpaired) electrons. The molecular weight excluding hydrogens is 268 g/mol. The molecule has 2 rings (SSSR count). The molecule has 0 atom stereocenters. The lowest BCUT2D eigenvalue weighted by molar-refractivity contribution is 0.0697. The van der Waals surface area contributed by atoms with E-state index in [0.717, 1.165) is 11.4 Å². The van der Waals surface area contributed by atoms with Gasteiger partial charge in [0.1, 0.15) is 0 Å². The highest BCUT2D eigenvalue weighted by atomic mass is 35.5. The molecule has 0 fully saturated rings. The van der Waals surface area contributed by atoms with Crippen molar-refractivity contribution in [3.63, 3.8) is 0 Å². The lowest BCUT2D eigenvalue weighted by Crippen LogP contribution is -2.04. The molecule has 0 aliphatic rings. The number of hydrogen-bond donors (Lipinski definition) is 2. The average Bonchev–Trinajstić information content (AvgIpc) is 2.36. The van der Waals surface area contributed by atoms with Crippen molar-refractivity contribution in [2.75, 3.05) is 5.32 Å². The Hall–Kier alpha value is -2.21. The van der Waals surface area contributed by atoms with E-state index in [1.165, 1.54) is 12.1 Å². The molecule has 2 N–H and O–H groups in total. The Morgan fingerprint density at radius 1 is 1.26 bits per heavy atom. The number of carboxylic acid groups (broad SMARTS) is 1. The molecule has 1 heterocycles. The van der Waals surface area contributed by atoms with Gasteiger partial charge in [-0.1, -0.05) is 11.6 Å². The van der Waals surface area contributed by atoms with Crippen LogP contribution in [0.4, 0.5) is 11.6 Å². The normalized spacial score (nSPS) is 10.3. The smallest absolute Gasteiger partial charge is 0.337 e. The zero-order valence-electron chi connectivity index (χ0n) is 10.3. The van der Waals surface area contributed by atoms with Crippen LogP contribution in [0.15, 0.2) is 18.2 Å². The number of rotatable bonds is 3. The first kappa shape index (κ1) is 13.2. The molecule has 2 aromatic rings. The van der Waals surface area contributed by atoms with Crippen LogP contribution in [-0.2, 0) is 0 Å². The van der Waals surface area contributed by atoms with Gasteiger partial charge in [-0.05, 0) is 32.0 Å². The number of anilines is 2. The topological polar surface area (TPSA) is 88.0 Å². The van der Waals surface area contributed by atoms with E-state index in [9.17, 15) is 4.79 Å². The first-order valence-corrected chi connectivity index (χ1v) is 5.83. The number of aromatic carboxylic acids is 1. The van der Waals surface area contributed by atoms with Crippen molar-refractivity contribution in [3.05, 3.63) is 40.2 Å². The van der Waals surface area contributed by atoms with Crippen LogP contribution in [0, 0.1) is 13.8 Å². The molecule has 0 aliphatic heterocycles. The Labute approximate surface area is 114 Å². The largest absolute Gasteiger partial charge is 0.478 e. The van der Waals surface area contributed by atoms with Crippen molar-refractivity contribution >= 4 is 29.2 Å². The second-order valence-corrected chi connectivity index (χ2v) is 4.34. The van der Waals surface area contributed by atoms with Crippen molar-refractivity contribution in [2.24, 2.45) is 0 Å². The summed E-state index contributed by atoms with van der Waals surface area (Å²) in [6.45, 7) is 3.63. The first-order chi connectivity index (χ1) is 8.97. The van der Waals surface area contributed by atoms with Crippen molar-refractivity contribution in [1.29, 1.82) is 0 Å². The molecule has 0 saturated carbocycles. The highest BCUT2D eigenvalue weighted by Gasteiger charge is 2.10. The van der Waals surface area contributed by atoms with E-state index >= 15 is 0 Å². The lowest BCUT2D eigenvalue weighted by Gasteiger charge is -2.07. The maximum absolute atomic E-state index is 11.0. The maximum Gasteiger partial charge on any atom is 0.337 e. The molecule has 1 aromatic heterocycles. The van der Waals surface area contributed by atoms with Gasteiger partial charge in [0.05, 0.1) is 22.0 Å². The van der Waals surface area contributed by atoms with Gasteiger partial charge in [-0.15, -0.1) is 5.10 Å². The summed E-state index contributed by atoms with van der Waals surface area (Å²) in [6.07, 6.45) is 0. The predicted molar refractivity (Wildman–Crippen MR) is 71.0 cm³/mol. The molecule has 0 amide bonds. The second-order valence-electron chi connectivity index (χ2n) is 3.93. The van der Waals surface area contributed by atoms with E-state index in [4.69, 9.17) is 16.7 Å². The summed E-state index contributed by atoms with van der Waals surface area (Å²) < 4.78 is 0. The Balaban J connectivity index is 2.30. The van der Waals surface area contributed by atoms with E-state index in [1.54, 1.807) is 6.07 Å². The minimum atomic E-state index is -1.09. The minimum Gasteiger partial charge on any atom is -0.478 e. The third kappa shape index (κ3) is 2.97. The number of hydrogen-bond acceptors (Lipinski definition) is 5. The van der Waals surface area contributed by atoms with E-state index in [-0.39, 0.29) is 10.6 Å². The Morgan fingerprint density at radius 3 is 2.63 bits per heavy atom. The van der Waals surface area contributed by atoms with Gasteiger partial charge in [-0.3, -0.25) is 0 Å². The quantitative estimate of drug-likeness (QED) is 0.897. The fraction of sp³-hybridized carbons (Fsp3) is 0.167. The summed E-state index contributed by atoms with van der Waals surface area (Å²) in [7, 11) is 0. The van der Waals surface area contributed by atoms with Crippen molar-refractivity contribution in [1.82, 2.24) is 15.2 Å². The van der Waals surface area contributed by atoms with Gasteiger partial charge < -0.3 is 10.4 Å². The highest BCUT2D eigenvalue weighted by molar-refractivity contribution is 6.33. The standard InChI is InChI=1S/C12H11ClN4O2/c1-6-7(2)16-17-12(14-6)15-8-3-4-10(13)9(5-8)11(18)19/h3-5H,1-2H3,(H,18,19)(H,14,15,17). The number of halogens is 1. The number of nitrogens with one attached hydrogen (secondary N) is 1. The zero-order chi connectivity index (χ0) is 14.0. The van der Waals surface area contributed by atoms with Gasteiger partial charge in [0.25, 0.3) is 0 Å². The Morgan fingerprint density at radius 2 is 2.00 bits per heavy atom. The monoisotopic (exact) mass is 278 g/mol. The third-order valence-corrected chi connectivity index (χ3v) is 2.87. The van der Waals surface area contributed by atoms with Gasteiger partial charge >= 0.3 is 5.97 Å². The van der Waals surface area contributed by atoms with Crippen LogP contribution in [0.5, 0.6) is 0 Å². The van der Waals surface area contributed by atoms with E-state index in [1.807, 2.05) is 13.8 Å². The zero-order valence-corrected chi connectivity index (χ0v) is 11.1. The number of aryl methyl sites for hydroxylation is 2. The van der Waals surface area contributed by atoms with Crippen molar-refractivity contribution in [3.8, 4) is 0 Å². The lowest BCUT2D eigenvalue weighted by atomic mass is 10.2. The van der Waals surface area contributed by atoms with Gasteiger partial charge in [0, 0.05) is 5.69 Å². The fourth-order valence-corrected chi connectivity index (χ4v) is 1.60. The third-order valence-electron chi connectivity index (χ3n) is 2.54. The summed E-state index contributed by atoms with van der Waals surface area (Å²) in [6, 6.07) is 4.57. The van der Waals surface area contributed by atoms with Crippen LogP contribution in [0.3, 0.4) is 0 Å². The number of aromatic nitrogens is 3. The van der Waals surface area contributed by atoms with E-state index < -0.39 is 5.97 Å². The van der Waals surface area contributed by atoms with Crippen LogP contribution >= 0.6 is 11.6 Å². The van der Waals surface area contributed by atoms with Crippen molar-refractivity contribution in [2.45, 2.75) is 13.8 Å². The molecule has 19 heavy (non-hydrogen) atoms. The number of benzene rings is 1. The number of carbonyl (C=O) groups is 1. The Kier molecular flexibility index (Phi) is 3.62. The predicted octanol–water partition coefficient (Wildman–Crippen LogP) is 2.58. The van der Waals surface area contributed by atoms with Crippen LogP contribution in [0.2, 0.25) is 5.02 Å². The fourth-order valence-electron chi connectivity index (χ4n) is 1.41. The van der Waals surface area contributed by atoms with Crippen molar-refractivity contribution < 1.29 is 9.90 Å². The highest BCUT2D eigenvalue weighted by Crippen LogP contribution is 2.22. The molecule has 98 valence electrons. The summed E-state index contributed by atoms with van der Waals surface area (Å²) >= 11 is 5.79. The minimum absolute atomic E-state index is 0.0171. The molecule has 0 spiro atoms. The molecular formula is C12H11ClN4O2. The first-order valence-electron chi connectivity index (χ1n) is 5.45. The molecule has 0 aliphatic carbocycles. The van der Waals surface area contributed by atoms with E-state index in [0.29, 0.717) is 11.6 Å². The average molecular weight is 279 g/mol. The van der Waals surface area contributed by atoms with Crippen LogP contribution in [0.1, 0.15) is 21.7 Å². The molecule has 7 heteroatoms. The van der Waals surface area contributed by atoms with Crippen LogP contribution < -0.4 is 5.32 Å². The maximum atomic E-state index is 11.0. The summed E-state index contributed by atoms with van der Waals surface area (Å²) in [5, 5.41) is 19.9.